The van der Waals surface area contributed by atoms with E-state index in [0.717, 1.165) is 28.5 Å². The molecule has 1 saturated heterocycles. The first-order valence-corrected chi connectivity index (χ1v) is 15.6. The van der Waals surface area contributed by atoms with Crippen LogP contribution in [0.1, 0.15) is 16.9 Å². The van der Waals surface area contributed by atoms with E-state index in [2.05, 4.69) is 15.5 Å². The third-order valence-electron chi connectivity index (χ3n) is 6.90. The molecule has 1 N–H and O–H groups in total. The lowest BCUT2D eigenvalue weighted by Gasteiger charge is -2.13. The molecule has 4 aromatic carbocycles. The molecule has 5 aromatic rings. The molecule has 8 nitrogen and oxygen atoms in total. The van der Waals surface area contributed by atoms with Gasteiger partial charge in [0.1, 0.15) is 17.3 Å². The van der Waals surface area contributed by atoms with Crippen LogP contribution in [-0.2, 0) is 16.1 Å². The highest BCUT2D eigenvalue weighted by Gasteiger charge is 2.34. The molecule has 1 aromatic heterocycles. The number of benzene rings is 4. The number of rotatable bonds is 10. The van der Waals surface area contributed by atoms with Crippen molar-refractivity contribution in [1.82, 2.24) is 4.90 Å². The highest BCUT2D eigenvalue weighted by atomic mass is 35.5. The van der Waals surface area contributed by atoms with Crippen LogP contribution in [0, 0.1) is 5.82 Å². The second kappa shape index (κ2) is 14.8. The van der Waals surface area contributed by atoms with Crippen molar-refractivity contribution in [2.75, 3.05) is 11.9 Å². The van der Waals surface area contributed by atoms with Crippen LogP contribution in [0.15, 0.2) is 135 Å². The lowest BCUT2D eigenvalue weighted by Crippen LogP contribution is -2.28. The predicted octanol–water partition coefficient (Wildman–Crippen LogP) is 8.26. The first-order valence-electron chi connectivity index (χ1n) is 14.4. The standard InChI is InChI=1S/C36H26ClFN4O4S/c37-28-12-17-32(46-23-34(43)40-30-15-13-29(38)14-16-30)27(19-28)20-33-35(44)42(22-31-7-4-18-45-31)36(47-33)41-39-21-24-8-10-26(11-9-24)25-5-2-1-3-6-25/h1-21H,22-23H2,(H,40,43)/b33-20-,39-21-,41-36+. The van der Waals surface area contributed by atoms with E-state index in [1.807, 2.05) is 54.6 Å². The van der Waals surface area contributed by atoms with Crippen LogP contribution < -0.4 is 10.1 Å². The molecule has 234 valence electrons. The summed E-state index contributed by atoms with van der Waals surface area (Å²) in [6.45, 7) is -0.173. The van der Waals surface area contributed by atoms with E-state index in [9.17, 15) is 14.0 Å². The Balaban J connectivity index is 1.20. The average Bonchev–Trinajstić information content (AvgIpc) is 3.70. The van der Waals surface area contributed by atoms with Crippen LogP contribution >= 0.6 is 23.4 Å². The van der Waals surface area contributed by atoms with Crippen LogP contribution in [-0.4, -0.2) is 34.7 Å². The molecule has 2 heterocycles. The number of nitrogens with zero attached hydrogens (tertiary/aromatic N) is 3. The SMILES string of the molecule is O=C(COc1ccc(Cl)cc1/C=C1\S/C(=N/N=C\c2ccc(-c3ccccc3)cc2)N(Cc2ccco2)C1=O)Nc1ccc(F)cc1. The van der Waals surface area contributed by atoms with Crippen LogP contribution in [0.2, 0.25) is 5.02 Å². The minimum atomic E-state index is -0.442. The molecular formula is C36H26ClFN4O4S. The summed E-state index contributed by atoms with van der Waals surface area (Å²) >= 11 is 7.44. The molecule has 1 aliphatic heterocycles. The van der Waals surface area contributed by atoms with Crippen molar-refractivity contribution in [2.45, 2.75) is 6.54 Å². The summed E-state index contributed by atoms with van der Waals surface area (Å²) in [6.07, 6.45) is 4.80. The van der Waals surface area contributed by atoms with Crippen LogP contribution in [0.5, 0.6) is 5.75 Å². The molecule has 11 heteroatoms. The van der Waals surface area contributed by atoms with Gasteiger partial charge < -0.3 is 14.5 Å². The Bertz CT molecular complexity index is 1960. The second-order valence-electron chi connectivity index (χ2n) is 10.2. The monoisotopic (exact) mass is 664 g/mol. The maximum Gasteiger partial charge on any atom is 0.267 e. The average molecular weight is 665 g/mol. The summed E-state index contributed by atoms with van der Waals surface area (Å²) in [4.78, 5) is 28.0. The van der Waals surface area contributed by atoms with Gasteiger partial charge in [0.15, 0.2) is 11.8 Å². The number of nitrogens with one attached hydrogen (secondary N) is 1. The van der Waals surface area contributed by atoms with Gasteiger partial charge in [0.25, 0.3) is 11.8 Å². The lowest BCUT2D eigenvalue weighted by molar-refractivity contribution is -0.122. The predicted molar refractivity (Wildman–Crippen MR) is 184 cm³/mol. The van der Waals surface area contributed by atoms with Crippen molar-refractivity contribution in [3.05, 3.63) is 148 Å². The number of carbonyl (C=O) groups is 2. The number of amidine groups is 1. The van der Waals surface area contributed by atoms with Crippen molar-refractivity contribution in [2.24, 2.45) is 10.2 Å². The zero-order valence-corrected chi connectivity index (χ0v) is 26.2. The molecule has 47 heavy (non-hydrogen) atoms. The van der Waals surface area contributed by atoms with E-state index in [-0.39, 0.29) is 19.1 Å². The Morgan fingerprint density at radius 3 is 2.47 bits per heavy atom. The van der Waals surface area contributed by atoms with Gasteiger partial charge >= 0.3 is 0 Å². The van der Waals surface area contributed by atoms with Gasteiger partial charge in [-0.15, -0.1) is 5.10 Å². The maximum atomic E-state index is 13.6. The lowest BCUT2D eigenvalue weighted by atomic mass is 10.0. The van der Waals surface area contributed by atoms with Crippen molar-refractivity contribution < 1.29 is 23.1 Å². The number of hydrogen-bond donors (Lipinski definition) is 1. The minimum Gasteiger partial charge on any atom is -0.483 e. The van der Waals surface area contributed by atoms with Crippen molar-refractivity contribution in [3.8, 4) is 16.9 Å². The molecule has 0 bridgehead atoms. The molecule has 0 atom stereocenters. The summed E-state index contributed by atoms with van der Waals surface area (Å²) in [5.74, 6) is -0.249. The Morgan fingerprint density at radius 2 is 1.72 bits per heavy atom. The van der Waals surface area contributed by atoms with Gasteiger partial charge in [0.2, 0.25) is 0 Å². The number of thioether (sulfide) groups is 1. The third kappa shape index (κ3) is 8.23. The van der Waals surface area contributed by atoms with Crippen LogP contribution in [0.25, 0.3) is 17.2 Å². The van der Waals surface area contributed by atoms with E-state index < -0.39 is 11.7 Å². The van der Waals surface area contributed by atoms with E-state index in [4.69, 9.17) is 20.8 Å². The second-order valence-corrected chi connectivity index (χ2v) is 11.7. The smallest absolute Gasteiger partial charge is 0.267 e. The molecule has 0 unspecified atom stereocenters. The number of amides is 2. The Morgan fingerprint density at radius 1 is 0.957 bits per heavy atom. The number of carbonyl (C=O) groups excluding carboxylic acids is 2. The molecule has 2 amide bonds. The molecule has 1 fully saturated rings. The van der Waals surface area contributed by atoms with Gasteiger partial charge in [0.05, 0.1) is 23.9 Å². The summed E-state index contributed by atoms with van der Waals surface area (Å²) in [7, 11) is 0. The first-order chi connectivity index (χ1) is 22.9. The molecule has 0 aliphatic carbocycles. The quantitative estimate of drug-likeness (QED) is 0.0921. The normalized spacial score (nSPS) is 14.8. The van der Waals surface area contributed by atoms with Gasteiger partial charge in [-0.2, -0.15) is 5.10 Å². The number of ether oxygens (including phenoxy) is 1. The van der Waals surface area contributed by atoms with Crippen molar-refractivity contribution in [3.63, 3.8) is 0 Å². The van der Waals surface area contributed by atoms with E-state index >= 15 is 0 Å². The first kappa shape index (κ1) is 31.5. The van der Waals surface area contributed by atoms with Gasteiger partial charge in [-0.05, 0) is 89.1 Å². The minimum absolute atomic E-state index is 0.152. The van der Waals surface area contributed by atoms with Crippen LogP contribution in [0.4, 0.5) is 10.1 Å². The molecule has 0 saturated carbocycles. The van der Waals surface area contributed by atoms with E-state index in [1.165, 1.54) is 35.4 Å². The zero-order valence-electron chi connectivity index (χ0n) is 24.7. The molecule has 1 aliphatic rings. The number of furan rings is 1. The van der Waals surface area contributed by atoms with E-state index in [0.29, 0.717) is 37.9 Å². The van der Waals surface area contributed by atoms with Gasteiger partial charge in [-0.3, -0.25) is 14.5 Å². The van der Waals surface area contributed by atoms with E-state index in [1.54, 1.807) is 42.6 Å². The topological polar surface area (TPSA) is 96.5 Å². The highest BCUT2D eigenvalue weighted by Crippen LogP contribution is 2.36. The molecule has 6 rings (SSSR count). The summed E-state index contributed by atoms with van der Waals surface area (Å²) in [5.41, 5.74) is 3.97. The van der Waals surface area contributed by atoms with Gasteiger partial charge in [-0.25, -0.2) is 4.39 Å². The Hall–Kier alpha value is -5.45. The number of anilines is 1. The number of halogens is 2. The van der Waals surface area contributed by atoms with Gasteiger partial charge in [0, 0.05) is 16.3 Å². The van der Waals surface area contributed by atoms with Crippen molar-refractivity contribution in [1.29, 1.82) is 0 Å². The maximum absolute atomic E-state index is 13.6. The van der Waals surface area contributed by atoms with Crippen molar-refractivity contribution >= 4 is 58.3 Å². The Labute approximate surface area is 279 Å². The summed E-state index contributed by atoms with van der Waals surface area (Å²) < 4.78 is 24.5. The van der Waals surface area contributed by atoms with Crippen LogP contribution in [0.3, 0.4) is 0 Å². The number of hydrogen-bond acceptors (Lipinski definition) is 7. The fourth-order valence-corrected chi connectivity index (χ4v) is 5.70. The Kier molecular flexibility index (Phi) is 9.90. The fourth-order valence-electron chi connectivity index (χ4n) is 4.60. The largest absolute Gasteiger partial charge is 0.483 e. The highest BCUT2D eigenvalue weighted by molar-refractivity contribution is 8.18. The summed E-state index contributed by atoms with van der Waals surface area (Å²) in [5, 5.41) is 12.1. The molecular weight excluding hydrogens is 639 g/mol. The molecule has 0 radical (unpaired) electrons. The summed E-state index contributed by atoms with van der Waals surface area (Å²) in [6, 6.07) is 31.8. The van der Waals surface area contributed by atoms with Gasteiger partial charge in [-0.1, -0.05) is 66.2 Å². The third-order valence-corrected chi connectivity index (χ3v) is 8.13. The fraction of sp³-hybridized carbons (Fsp3) is 0.0556. The zero-order chi connectivity index (χ0) is 32.6. The molecule has 0 spiro atoms.